The van der Waals surface area contributed by atoms with Gasteiger partial charge in [-0.15, -0.1) is 0 Å². The maximum absolute atomic E-state index is 13.5. The van der Waals surface area contributed by atoms with Crippen LogP contribution in [0.1, 0.15) is 127 Å². The van der Waals surface area contributed by atoms with Crippen molar-refractivity contribution in [3.05, 3.63) is 23.8 Å². The number of hydrogen-bond acceptors (Lipinski definition) is 6. The number of aliphatic carboxylic acids is 1. The van der Waals surface area contributed by atoms with E-state index in [0.29, 0.717) is 43.5 Å². The molecule has 48 heavy (non-hydrogen) atoms. The molecule has 1 saturated heterocycles. The molecule has 0 radical (unpaired) electrons. The number of allylic oxidation sites excluding steroid dienone is 1. The molecule has 8 heteroatoms. The van der Waals surface area contributed by atoms with E-state index in [1.807, 2.05) is 0 Å². The van der Waals surface area contributed by atoms with Gasteiger partial charge in [-0.2, -0.15) is 5.10 Å². The highest BCUT2D eigenvalue weighted by atomic mass is 16.5. The van der Waals surface area contributed by atoms with Crippen molar-refractivity contribution in [3.8, 4) is 0 Å². The van der Waals surface area contributed by atoms with E-state index in [-0.39, 0.29) is 45.1 Å². The smallest absolute Gasteiger partial charge is 0.307 e. The first-order valence-electron chi connectivity index (χ1n) is 19.1. The third-order valence-electron chi connectivity index (χ3n) is 16.3. The largest absolute Gasteiger partial charge is 0.481 e. The molecule has 4 aliphatic carbocycles. The van der Waals surface area contributed by atoms with Crippen molar-refractivity contribution in [2.24, 2.45) is 68.3 Å². The monoisotopic (exact) mass is 667 g/mol. The summed E-state index contributed by atoms with van der Waals surface area (Å²) in [7, 11) is 0. The lowest BCUT2D eigenvalue weighted by Gasteiger charge is -2.71. The van der Waals surface area contributed by atoms with Crippen molar-refractivity contribution in [2.45, 2.75) is 139 Å². The predicted octanol–water partition coefficient (Wildman–Crippen LogP) is 7.73. The van der Waals surface area contributed by atoms with E-state index in [0.717, 1.165) is 50.8 Å². The van der Waals surface area contributed by atoms with E-state index >= 15 is 0 Å². The van der Waals surface area contributed by atoms with Crippen LogP contribution in [0.15, 0.2) is 18.0 Å². The van der Waals surface area contributed by atoms with Crippen LogP contribution in [0.2, 0.25) is 0 Å². The third-order valence-corrected chi connectivity index (χ3v) is 16.3. The number of aromatic nitrogens is 3. The summed E-state index contributed by atoms with van der Waals surface area (Å²) in [4.78, 5) is 18.2. The number of carboxylic acid groups (broad SMARTS) is 1. The summed E-state index contributed by atoms with van der Waals surface area (Å²) in [6.45, 7) is 26.7. The number of aryl methyl sites for hydroxylation is 1. The molecule has 1 aromatic rings. The van der Waals surface area contributed by atoms with E-state index in [1.165, 1.54) is 0 Å². The van der Waals surface area contributed by atoms with Crippen LogP contribution < -0.4 is 5.73 Å². The molecule has 1 unspecified atom stereocenters. The quantitative estimate of drug-likeness (QED) is 0.260. The Kier molecular flexibility index (Phi) is 8.93. The van der Waals surface area contributed by atoms with Crippen LogP contribution in [0.4, 0.5) is 0 Å². The van der Waals surface area contributed by atoms with Crippen LogP contribution in [0.25, 0.3) is 0 Å². The molecular weight excluding hydrogens is 600 g/mol. The first kappa shape index (κ1) is 36.0. The van der Waals surface area contributed by atoms with Crippen LogP contribution in [0, 0.1) is 62.6 Å². The molecule has 0 aromatic carbocycles. The van der Waals surface area contributed by atoms with E-state index in [2.05, 4.69) is 86.9 Å². The SMILES string of the molecule is CCc1ncnn1[C@@H]1C[C@@]23COCC(C)([C@H]1OC[C@](C)(N)C(C)C)[C@@H]2CC[C@H]1C3=CC[C@@]2(C)[C@H](C(=O)O)[C@@](C)([C@H](C)C(C)C)CC[C@]12C. The molecule has 1 aliphatic heterocycles. The molecule has 2 heterocycles. The molecular formula is C40H66N4O4. The van der Waals surface area contributed by atoms with Gasteiger partial charge in [-0.3, -0.25) is 4.79 Å². The summed E-state index contributed by atoms with van der Waals surface area (Å²) in [6.07, 6.45) is 10.8. The summed E-state index contributed by atoms with van der Waals surface area (Å²) in [5.74, 6) is 1.74. The van der Waals surface area contributed by atoms with Gasteiger partial charge in [0.15, 0.2) is 0 Å². The fourth-order valence-electron chi connectivity index (χ4n) is 12.4. The number of carbonyl (C=O) groups is 1. The molecule has 4 fully saturated rings. The summed E-state index contributed by atoms with van der Waals surface area (Å²) < 4.78 is 16.0. The van der Waals surface area contributed by atoms with Gasteiger partial charge in [0.2, 0.25) is 0 Å². The number of rotatable bonds is 9. The highest BCUT2D eigenvalue weighted by Gasteiger charge is 2.72. The first-order valence-corrected chi connectivity index (χ1v) is 19.1. The van der Waals surface area contributed by atoms with Gasteiger partial charge in [0.25, 0.3) is 0 Å². The van der Waals surface area contributed by atoms with Crippen molar-refractivity contribution in [1.29, 1.82) is 0 Å². The zero-order chi connectivity index (χ0) is 35.2. The van der Waals surface area contributed by atoms with E-state index in [1.54, 1.807) is 11.9 Å². The predicted molar refractivity (Wildman–Crippen MR) is 189 cm³/mol. The second-order valence-corrected chi connectivity index (χ2v) is 19.0. The fraction of sp³-hybridized carbons (Fsp3) is 0.875. The number of ether oxygens (including phenoxy) is 2. The van der Waals surface area contributed by atoms with E-state index < -0.39 is 17.4 Å². The standard InChI is InChI=1S/C40H66N4O4/c1-12-31-42-23-43-44(31)29-19-40-22-47-20-36(8,33(29)48-21-39(11,41)25(4)5)30(40)14-13-27-28(40)15-16-38(10)32(34(45)46)35(7,26(6)24(2)3)17-18-37(27,38)9/h15,23-27,29-30,32-33H,12-14,16-22,41H2,1-11H3,(H,45,46)/t26-,27+,29-,30+,32-,33+,35-,36?,37-,38+,39+,40+/m1/s1. The maximum atomic E-state index is 13.5. The van der Waals surface area contributed by atoms with Gasteiger partial charge in [-0.25, -0.2) is 9.67 Å². The van der Waals surface area contributed by atoms with Crippen molar-refractivity contribution >= 4 is 5.97 Å². The Balaban J connectivity index is 1.46. The summed E-state index contributed by atoms with van der Waals surface area (Å²) in [6, 6.07) is 0.00429. The summed E-state index contributed by atoms with van der Waals surface area (Å²) in [5, 5.41) is 15.9. The van der Waals surface area contributed by atoms with Gasteiger partial charge >= 0.3 is 5.97 Å². The van der Waals surface area contributed by atoms with Crippen LogP contribution in [-0.2, 0) is 20.7 Å². The summed E-state index contributed by atoms with van der Waals surface area (Å²) in [5.41, 5.74) is 6.81. The lowest BCUT2D eigenvalue weighted by molar-refractivity contribution is -0.253. The topological polar surface area (TPSA) is 112 Å². The molecule has 2 bridgehead atoms. The zero-order valence-electron chi connectivity index (χ0n) is 31.9. The van der Waals surface area contributed by atoms with Gasteiger partial charge in [0, 0.05) is 22.8 Å². The van der Waals surface area contributed by atoms with Crippen molar-refractivity contribution in [2.75, 3.05) is 19.8 Å². The minimum absolute atomic E-state index is 0.00429. The number of hydrogen-bond donors (Lipinski definition) is 2. The molecule has 270 valence electrons. The lowest BCUT2D eigenvalue weighted by Crippen LogP contribution is -2.69. The maximum Gasteiger partial charge on any atom is 0.307 e. The Bertz CT molecular complexity index is 1420. The number of nitrogens with zero attached hydrogens (tertiary/aromatic N) is 3. The minimum Gasteiger partial charge on any atom is -0.481 e. The number of carboxylic acids is 1. The lowest BCUT2D eigenvalue weighted by atomic mass is 9.34. The van der Waals surface area contributed by atoms with Crippen molar-refractivity contribution in [3.63, 3.8) is 0 Å². The minimum atomic E-state index is -0.611. The average molecular weight is 667 g/mol. The van der Waals surface area contributed by atoms with Gasteiger partial charge in [0.05, 0.1) is 37.9 Å². The Labute approximate surface area is 290 Å². The fourth-order valence-corrected chi connectivity index (χ4v) is 12.4. The molecule has 5 aliphatic rings. The van der Waals surface area contributed by atoms with Gasteiger partial charge in [-0.1, -0.05) is 80.9 Å². The van der Waals surface area contributed by atoms with Crippen LogP contribution in [-0.4, -0.2) is 57.3 Å². The Morgan fingerprint density at radius 2 is 1.83 bits per heavy atom. The van der Waals surface area contributed by atoms with E-state index in [9.17, 15) is 9.90 Å². The first-order chi connectivity index (χ1) is 22.3. The summed E-state index contributed by atoms with van der Waals surface area (Å²) >= 11 is 0. The molecule has 0 amide bonds. The van der Waals surface area contributed by atoms with E-state index in [4.69, 9.17) is 25.3 Å². The molecule has 6 rings (SSSR count). The zero-order valence-corrected chi connectivity index (χ0v) is 31.9. The average Bonchev–Trinajstić information content (AvgIpc) is 3.49. The second-order valence-electron chi connectivity index (χ2n) is 19.0. The Morgan fingerprint density at radius 3 is 2.46 bits per heavy atom. The van der Waals surface area contributed by atoms with Crippen LogP contribution >= 0.6 is 0 Å². The molecule has 12 atom stereocenters. The third kappa shape index (κ3) is 4.87. The van der Waals surface area contributed by atoms with Crippen molar-refractivity contribution in [1.82, 2.24) is 14.8 Å². The van der Waals surface area contributed by atoms with Gasteiger partial charge in [-0.05, 0) is 91.3 Å². The Hall–Kier alpha value is -1.77. The van der Waals surface area contributed by atoms with Crippen LogP contribution in [0.5, 0.6) is 0 Å². The van der Waals surface area contributed by atoms with Gasteiger partial charge < -0.3 is 20.3 Å². The normalized spacial score (nSPS) is 44.3. The van der Waals surface area contributed by atoms with Crippen molar-refractivity contribution < 1.29 is 19.4 Å². The molecule has 1 aromatic heterocycles. The molecule has 0 spiro atoms. The number of nitrogens with two attached hydrogens (primary N) is 1. The molecule has 3 N–H and O–H groups in total. The highest BCUT2D eigenvalue weighted by Crippen LogP contribution is 2.75. The molecule has 3 saturated carbocycles. The highest BCUT2D eigenvalue weighted by molar-refractivity contribution is 5.73. The van der Waals surface area contributed by atoms with Gasteiger partial charge in [0.1, 0.15) is 12.2 Å². The Morgan fingerprint density at radius 1 is 1.12 bits per heavy atom. The second kappa shape index (κ2) is 11.9. The number of fused-ring (bicyclic) bond motifs is 3. The van der Waals surface area contributed by atoms with Crippen LogP contribution in [0.3, 0.4) is 0 Å². The molecule has 8 nitrogen and oxygen atoms in total.